The zero-order chi connectivity index (χ0) is 20.5. The van der Waals surface area contributed by atoms with E-state index in [4.69, 9.17) is 5.14 Å². The molecule has 0 saturated heterocycles. The topological polar surface area (TPSA) is 89.6 Å². The van der Waals surface area contributed by atoms with E-state index in [1.54, 1.807) is 6.07 Å². The van der Waals surface area contributed by atoms with Crippen LogP contribution in [0.5, 0.6) is 5.75 Å². The third kappa shape index (κ3) is 5.03. The average Bonchev–Trinajstić information content (AvgIpc) is 2.60. The molecular weight excluding hydrogens is 395 g/mol. The summed E-state index contributed by atoms with van der Waals surface area (Å²) >= 11 is 0. The Labute approximate surface area is 161 Å². The van der Waals surface area contributed by atoms with Gasteiger partial charge in [-0.25, -0.2) is 13.6 Å². The Morgan fingerprint density at radius 2 is 1.61 bits per heavy atom. The van der Waals surface area contributed by atoms with Crippen molar-refractivity contribution in [2.24, 2.45) is 5.14 Å². The zero-order valence-corrected chi connectivity index (χ0v) is 15.6. The van der Waals surface area contributed by atoms with Crippen LogP contribution in [0.15, 0.2) is 47.4 Å². The van der Waals surface area contributed by atoms with Gasteiger partial charge in [-0.15, -0.1) is 13.2 Å². The molecule has 0 aliphatic heterocycles. The van der Waals surface area contributed by atoms with Gasteiger partial charge in [-0.05, 0) is 72.6 Å². The van der Waals surface area contributed by atoms with E-state index >= 15 is 0 Å². The molecule has 2 aromatic rings. The van der Waals surface area contributed by atoms with Crippen LogP contribution in [0.4, 0.5) is 13.2 Å². The lowest BCUT2D eigenvalue weighted by Crippen LogP contribution is -2.18. The van der Waals surface area contributed by atoms with Crippen LogP contribution < -0.4 is 9.88 Å². The number of alkyl halides is 3. The smallest absolute Gasteiger partial charge is 0.406 e. The molecule has 0 aromatic heterocycles. The van der Waals surface area contributed by atoms with Crippen LogP contribution >= 0.6 is 0 Å². The first-order chi connectivity index (χ1) is 13.0. The standard InChI is InChI=1S/C19H20F3NO4S/c20-19(21,22)27-15-7-3-12(4-8-15)17-10-9-16(28(23,25)26)11-18(17)13-1-5-14(24)6-2-13/h3-4,7-11,13-14,24H,1-2,5-6H2,(H2,23,25,26)/t13-,14-. The maximum atomic E-state index is 12.3. The highest BCUT2D eigenvalue weighted by Gasteiger charge is 2.31. The molecule has 152 valence electrons. The van der Waals surface area contributed by atoms with Crippen molar-refractivity contribution in [2.75, 3.05) is 0 Å². The molecule has 1 saturated carbocycles. The number of hydrogen-bond donors (Lipinski definition) is 2. The van der Waals surface area contributed by atoms with Crippen LogP contribution in [-0.2, 0) is 10.0 Å². The fraction of sp³-hybridized carbons (Fsp3) is 0.368. The van der Waals surface area contributed by atoms with Gasteiger partial charge in [0.1, 0.15) is 5.75 Å². The van der Waals surface area contributed by atoms with Gasteiger partial charge in [0, 0.05) is 0 Å². The number of nitrogens with two attached hydrogens (primary N) is 1. The molecule has 0 radical (unpaired) electrons. The van der Waals surface area contributed by atoms with Gasteiger partial charge < -0.3 is 9.84 Å². The largest absolute Gasteiger partial charge is 0.573 e. The van der Waals surface area contributed by atoms with E-state index in [1.807, 2.05) is 0 Å². The summed E-state index contributed by atoms with van der Waals surface area (Å²) in [7, 11) is -3.90. The highest BCUT2D eigenvalue weighted by molar-refractivity contribution is 7.89. The van der Waals surface area contributed by atoms with Crippen molar-refractivity contribution in [1.82, 2.24) is 0 Å². The van der Waals surface area contributed by atoms with Crippen LogP contribution in [-0.4, -0.2) is 26.0 Å². The van der Waals surface area contributed by atoms with Crippen molar-refractivity contribution in [3.63, 3.8) is 0 Å². The molecular formula is C19H20F3NO4S. The molecule has 0 amide bonds. The summed E-state index contributed by atoms with van der Waals surface area (Å²) < 4.78 is 64.5. The van der Waals surface area contributed by atoms with Crippen LogP contribution in [0.1, 0.15) is 37.2 Å². The molecule has 3 N–H and O–H groups in total. The minimum atomic E-state index is -4.77. The van der Waals surface area contributed by atoms with Crippen molar-refractivity contribution < 1.29 is 31.4 Å². The molecule has 9 heteroatoms. The molecule has 0 spiro atoms. The molecule has 28 heavy (non-hydrogen) atoms. The minimum absolute atomic E-state index is 0.0191. The predicted octanol–water partition coefficient (Wildman–Crippen LogP) is 3.92. The maximum absolute atomic E-state index is 12.3. The summed E-state index contributed by atoms with van der Waals surface area (Å²) in [5.41, 5.74) is 2.10. The van der Waals surface area contributed by atoms with E-state index in [2.05, 4.69) is 4.74 Å². The number of ether oxygens (including phenoxy) is 1. The third-order valence-corrected chi connectivity index (χ3v) is 5.80. The van der Waals surface area contributed by atoms with E-state index in [1.165, 1.54) is 36.4 Å². The van der Waals surface area contributed by atoms with Gasteiger partial charge in [-0.1, -0.05) is 18.2 Å². The Bertz CT molecular complexity index is 935. The SMILES string of the molecule is NS(=O)(=O)c1ccc(-c2ccc(OC(F)(F)F)cc2)c([C@H]2CC[C@H](O)CC2)c1. The maximum Gasteiger partial charge on any atom is 0.573 e. The number of aliphatic hydroxyl groups is 1. The third-order valence-electron chi connectivity index (χ3n) is 4.89. The van der Waals surface area contributed by atoms with Crippen molar-refractivity contribution in [3.8, 4) is 16.9 Å². The summed E-state index contributed by atoms with van der Waals surface area (Å²) in [6, 6.07) is 9.93. The van der Waals surface area contributed by atoms with Crippen molar-refractivity contribution in [1.29, 1.82) is 0 Å². The summed E-state index contributed by atoms with van der Waals surface area (Å²) in [4.78, 5) is -0.0191. The number of halogens is 3. The fourth-order valence-corrected chi connectivity index (χ4v) is 4.09. The number of benzene rings is 2. The number of rotatable bonds is 4. The normalized spacial score (nSPS) is 20.8. The lowest BCUT2D eigenvalue weighted by atomic mass is 9.80. The molecule has 1 aliphatic rings. The molecule has 0 bridgehead atoms. The van der Waals surface area contributed by atoms with Crippen LogP contribution in [0.2, 0.25) is 0 Å². The Morgan fingerprint density at radius 3 is 2.14 bits per heavy atom. The van der Waals surface area contributed by atoms with Crippen molar-refractivity contribution in [2.45, 2.75) is 49.0 Å². The first kappa shape index (κ1) is 20.6. The Morgan fingerprint density at radius 1 is 1.00 bits per heavy atom. The van der Waals surface area contributed by atoms with E-state index in [-0.39, 0.29) is 22.7 Å². The molecule has 0 atom stereocenters. The fourth-order valence-electron chi connectivity index (χ4n) is 3.54. The van der Waals surface area contributed by atoms with E-state index in [9.17, 15) is 26.7 Å². The first-order valence-electron chi connectivity index (χ1n) is 8.74. The number of primary sulfonamides is 1. The molecule has 0 heterocycles. The Balaban J connectivity index is 2.00. The van der Waals surface area contributed by atoms with Gasteiger partial charge in [0.15, 0.2) is 0 Å². The second kappa shape index (κ2) is 7.73. The van der Waals surface area contributed by atoms with Gasteiger partial charge in [0.25, 0.3) is 0 Å². The first-order valence-corrected chi connectivity index (χ1v) is 10.3. The molecule has 1 aliphatic carbocycles. The molecule has 0 unspecified atom stereocenters. The lowest BCUT2D eigenvalue weighted by molar-refractivity contribution is -0.274. The number of sulfonamides is 1. The molecule has 2 aromatic carbocycles. The summed E-state index contributed by atoms with van der Waals surface area (Å²) in [6.07, 6.45) is -2.59. The summed E-state index contributed by atoms with van der Waals surface area (Å²) in [5.74, 6) is -0.314. The van der Waals surface area contributed by atoms with Crippen molar-refractivity contribution >= 4 is 10.0 Å². The zero-order valence-electron chi connectivity index (χ0n) is 14.8. The summed E-state index contributed by atoms with van der Waals surface area (Å²) in [6.45, 7) is 0. The van der Waals surface area contributed by atoms with E-state index in [0.29, 0.717) is 36.8 Å². The van der Waals surface area contributed by atoms with Gasteiger partial charge in [0.2, 0.25) is 10.0 Å². The molecule has 5 nitrogen and oxygen atoms in total. The summed E-state index contributed by atoms with van der Waals surface area (Å²) in [5, 5.41) is 15.0. The Kier molecular flexibility index (Phi) is 5.69. The minimum Gasteiger partial charge on any atom is -0.406 e. The predicted molar refractivity (Wildman–Crippen MR) is 97.2 cm³/mol. The van der Waals surface area contributed by atoms with Gasteiger partial charge >= 0.3 is 6.36 Å². The second-order valence-corrected chi connectivity index (χ2v) is 8.43. The lowest BCUT2D eigenvalue weighted by Gasteiger charge is -2.28. The molecule has 1 fully saturated rings. The van der Waals surface area contributed by atoms with Crippen molar-refractivity contribution in [3.05, 3.63) is 48.0 Å². The van der Waals surface area contributed by atoms with Gasteiger partial charge in [-0.2, -0.15) is 0 Å². The Hall–Kier alpha value is -2.10. The van der Waals surface area contributed by atoms with Gasteiger partial charge in [-0.3, -0.25) is 0 Å². The molecule has 3 rings (SSSR count). The van der Waals surface area contributed by atoms with E-state index < -0.39 is 16.4 Å². The quantitative estimate of drug-likeness (QED) is 0.792. The number of aliphatic hydroxyl groups excluding tert-OH is 1. The van der Waals surface area contributed by atoms with E-state index in [0.717, 1.165) is 5.56 Å². The second-order valence-electron chi connectivity index (χ2n) is 6.87. The van der Waals surface area contributed by atoms with Crippen LogP contribution in [0.3, 0.4) is 0 Å². The average molecular weight is 415 g/mol. The highest BCUT2D eigenvalue weighted by atomic mass is 32.2. The highest BCUT2D eigenvalue weighted by Crippen LogP contribution is 2.39. The van der Waals surface area contributed by atoms with Crippen LogP contribution in [0.25, 0.3) is 11.1 Å². The van der Waals surface area contributed by atoms with Gasteiger partial charge in [0.05, 0.1) is 11.0 Å². The monoisotopic (exact) mass is 415 g/mol. The number of hydrogen-bond acceptors (Lipinski definition) is 4. The van der Waals surface area contributed by atoms with Crippen LogP contribution in [0, 0.1) is 0 Å².